The van der Waals surface area contributed by atoms with E-state index >= 15 is 0 Å². The Bertz CT molecular complexity index is 566. The second-order valence-corrected chi connectivity index (χ2v) is 5.12. The Morgan fingerprint density at radius 3 is 2.62 bits per heavy atom. The van der Waals surface area contributed by atoms with E-state index in [9.17, 15) is 8.78 Å². The van der Waals surface area contributed by atoms with E-state index in [1.807, 2.05) is 6.92 Å². The highest BCUT2D eigenvalue weighted by Crippen LogP contribution is 2.12. The molecule has 1 N–H and O–H groups in total. The summed E-state index contributed by atoms with van der Waals surface area (Å²) in [5.74, 6) is -0.257. The predicted octanol–water partition coefficient (Wildman–Crippen LogP) is 2.87. The molecule has 1 unspecified atom stereocenters. The van der Waals surface area contributed by atoms with E-state index in [1.54, 1.807) is 0 Å². The molecule has 2 rings (SSSR count). The average molecular weight is 295 g/mol. The van der Waals surface area contributed by atoms with Crippen molar-refractivity contribution in [2.24, 2.45) is 0 Å². The lowest BCUT2D eigenvalue weighted by atomic mass is 10.1. The summed E-state index contributed by atoms with van der Waals surface area (Å²) in [5, 5.41) is 7.17. The maximum atomic E-state index is 13.1. The van der Waals surface area contributed by atoms with E-state index in [0.717, 1.165) is 19.0 Å². The van der Waals surface area contributed by atoms with Gasteiger partial charge in [-0.3, -0.25) is 0 Å². The Balaban J connectivity index is 1.96. The van der Waals surface area contributed by atoms with E-state index in [2.05, 4.69) is 22.4 Å². The fraction of sp³-hybridized carbons (Fsp3) is 0.467. The monoisotopic (exact) mass is 295 g/mol. The van der Waals surface area contributed by atoms with E-state index in [0.29, 0.717) is 23.7 Å². The summed E-state index contributed by atoms with van der Waals surface area (Å²) >= 11 is 0. The standard InChI is InChI=1S/C15H19F2N3O/c1-3-4-18-10(2)5-15-19-14(20-21-15)8-11-6-12(16)9-13(17)7-11/h6-7,9-10,18H,3-5,8H2,1-2H3. The molecule has 2 aromatic rings. The highest BCUT2D eigenvalue weighted by atomic mass is 19.1. The van der Waals surface area contributed by atoms with Crippen LogP contribution < -0.4 is 5.32 Å². The van der Waals surface area contributed by atoms with Crippen molar-refractivity contribution in [3.8, 4) is 0 Å². The SMILES string of the molecule is CCCNC(C)Cc1nc(Cc2cc(F)cc(F)c2)no1. The topological polar surface area (TPSA) is 51.0 Å². The van der Waals surface area contributed by atoms with Crippen molar-refractivity contribution in [1.82, 2.24) is 15.5 Å². The summed E-state index contributed by atoms with van der Waals surface area (Å²) in [5.41, 5.74) is 0.483. The molecule has 21 heavy (non-hydrogen) atoms. The zero-order chi connectivity index (χ0) is 15.2. The van der Waals surface area contributed by atoms with Gasteiger partial charge in [-0.15, -0.1) is 0 Å². The van der Waals surface area contributed by atoms with Crippen molar-refractivity contribution in [2.75, 3.05) is 6.54 Å². The number of hydrogen-bond donors (Lipinski definition) is 1. The van der Waals surface area contributed by atoms with Crippen LogP contribution in [0.15, 0.2) is 22.7 Å². The second-order valence-electron chi connectivity index (χ2n) is 5.12. The lowest BCUT2D eigenvalue weighted by molar-refractivity contribution is 0.358. The van der Waals surface area contributed by atoms with Crippen LogP contribution >= 0.6 is 0 Å². The number of halogens is 2. The van der Waals surface area contributed by atoms with E-state index in [-0.39, 0.29) is 12.5 Å². The lowest BCUT2D eigenvalue weighted by Gasteiger charge is -2.09. The molecule has 0 fully saturated rings. The van der Waals surface area contributed by atoms with Gasteiger partial charge in [0.05, 0.1) is 0 Å². The molecule has 1 aromatic carbocycles. The number of nitrogens with zero attached hydrogens (tertiary/aromatic N) is 2. The van der Waals surface area contributed by atoms with Gasteiger partial charge >= 0.3 is 0 Å². The Kier molecular flexibility index (Phi) is 5.38. The molecule has 0 radical (unpaired) electrons. The Morgan fingerprint density at radius 1 is 1.24 bits per heavy atom. The van der Waals surface area contributed by atoms with Gasteiger partial charge in [-0.1, -0.05) is 12.1 Å². The highest BCUT2D eigenvalue weighted by Gasteiger charge is 2.11. The van der Waals surface area contributed by atoms with E-state index < -0.39 is 11.6 Å². The molecule has 4 nitrogen and oxygen atoms in total. The number of benzene rings is 1. The molecule has 0 amide bonds. The molecule has 0 saturated heterocycles. The van der Waals surface area contributed by atoms with E-state index in [1.165, 1.54) is 12.1 Å². The summed E-state index contributed by atoms with van der Waals surface area (Å²) in [4.78, 5) is 4.25. The largest absolute Gasteiger partial charge is 0.339 e. The van der Waals surface area contributed by atoms with Gasteiger partial charge in [0.2, 0.25) is 5.89 Å². The molecule has 0 bridgehead atoms. The minimum Gasteiger partial charge on any atom is -0.339 e. The van der Waals surface area contributed by atoms with Crippen LogP contribution in [0.1, 0.15) is 37.5 Å². The number of rotatable bonds is 7. The first-order valence-corrected chi connectivity index (χ1v) is 7.06. The fourth-order valence-corrected chi connectivity index (χ4v) is 2.07. The van der Waals surface area contributed by atoms with Gasteiger partial charge in [0.25, 0.3) is 0 Å². The van der Waals surface area contributed by atoms with Gasteiger partial charge in [-0.2, -0.15) is 4.98 Å². The quantitative estimate of drug-likeness (QED) is 0.853. The van der Waals surface area contributed by atoms with Crippen LogP contribution in [0, 0.1) is 11.6 Å². The summed E-state index contributed by atoms with van der Waals surface area (Å²) in [6.45, 7) is 5.08. The number of hydrogen-bond acceptors (Lipinski definition) is 4. The first-order chi connectivity index (χ1) is 10.1. The van der Waals surface area contributed by atoms with Crippen LogP contribution in [0.5, 0.6) is 0 Å². The molecule has 0 aliphatic heterocycles. The molecule has 0 aliphatic carbocycles. The van der Waals surface area contributed by atoms with Crippen LogP contribution in [0.4, 0.5) is 8.78 Å². The van der Waals surface area contributed by atoms with Gasteiger partial charge in [0.15, 0.2) is 5.82 Å². The molecular formula is C15H19F2N3O. The zero-order valence-electron chi connectivity index (χ0n) is 12.2. The van der Waals surface area contributed by atoms with Crippen molar-refractivity contribution >= 4 is 0 Å². The summed E-state index contributed by atoms with van der Waals surface area (Å²) in [6.07, 6.45) is 1.93. The Morgan fingerprint density at radius 2 is 1.95 bits per heavy atom. The van der Waals surface area contributed by atoms with Gasteiger partial charge in [-0.05, 0) is 37.6 Å². The van der Waals surface area contributed by atoms with Gasteiger partial charge in [0, 0.05) is 24.9 Å². The van der Waals surface area contributed by atoms with Crippen LogP contribution in [-0.2, 0) is 12.8 Å². The molecule has 114 valence electrons. The molecule has 6 heteroatoms. The number of nitrogens with one attached hydrogen (secondary N) is 1. The van der Waals surface area contributed by atoms with E-state index in [4.69, 9.17) is 4.52 Å². The van der Waals surface area contributed by atoms with Crippen molar-refractivity contribution in [3.63, 3.8) is 0 Å². The molecule has 1 heterocycles. The second kappa shape index (κ2) is 7.26. The smallest absolute Gasteiger partial charge is 0.228 e. The predicted molar refractivity (Wildman–Crippen MR) is 74.9 cm³/mol. The van der Waals surface area contributed by atoms with Crippen LogP contribution in [-0.4, -0.2) is 22.7 Å². The van der Waals surface area contributed by atoms with Gasteiger partial charge in [-0.25, -0.2) is 8.78 Å². The lowest BCUT2D eigenvalue weighted by Crippen LogP contribution is -2.28. The maximum Gasteiger partial charge on any atom is 0.228 e. The third-order valence-electron chi connectivity index (χ3n) is 3.02. The van der Waals surface area contributed by atoms with Crippen molar-refractivity contribution in [2.45, 2.75) is 39.2 Å². The first kappa shape index (κ1) is 15.6. The third-order valence-corrected chi connectivity index (χ3v) is 3.02. The van der Waals surface area contributed by atoms with Crippen LogP contribution in [0.3, 0.4) is 0 Å². The summed E-state index contributed by atoms with van der Waals surface area (Å²) in [7, 11) is 0. The van der Waals surface area contributed by atoms with Crippen molar-refractivity contribution in [1.29, 1.82) is 0 Å². The molecule has 1 atom stereocenters. The van der Waals surface area contributed by atoms with Crippen LogP contribution in [0.25, 0.3) is 0 Å². The molecule has 0 spiro atoms. The number of aromatic nitrogens is 2. The van der Waals surface area contributed by atoms with Crippen molar-refractivity contribution in [3.05, 3.63) is 47.1 Å². The molecule has 1 aromatic heterocycles. The molecule has 0 aliphatic rings. The highest BCUT2D eigenvalue weighted by molar-refractivity contribution is 5.21. The average Bonchev–Trinajstić information content (AvgIpc) is 2.82. The van der Waals surface area contributed by atoms with Crippen LogP contribution in [0.2, 0.25) is 0 Å². The minimum atomic E-state index is -0.605. The molecular weight excluding hydrogens is 276 g/mol. The Hall–Kier alpha value is -1.82. The first-order valence-electron chi connectivity index (χ1n) is 7.06. The maximum absolute atomic E-state index is 13.1. The summed E-state index contributed by atoms with van der Waals surface area (Å²) < 4.78 is 31.4. The Labute approximate surface area is 122 Å². The third kappa shape index (κ3) is 4.90. The summed E-state index contributed by atoms with van der Waals surface area (Å²) in [6, 6.07) is 3.62. The normalized spacial score (nSPS) is 12.6. The van der Waals surface area contributed by atoms with Gasteiger partial charge < -0.3 is 9.84 Å². The van der Waals surface area contributed by atoms with Crippen molar-refractivity contribution < 1.29 is 13.3 Å². The zero-order valence-corrected chi connectivity index (χ0v) is 12.2. The fourth-order valence-electron chi connectivity index (χ4n) is 2.07. The minimum absolute atomic E-state index is 0.241. The molecule has 0 saturated carbocycles. The van der Waals surface area contributed by atoms with Gasteiger partial charge in [0.1, 0.15) is 11.6 Å².